The largest absolute Gasteiger partial charge is 0.337 e. The molecule has 242 valence electrons. The van der Waals surface area contributed by atoms with Gasteiger partial charge in [-0.3, -0.25) is 9.78 Å². The lowest BCUT2D eigenvalue weighted by atomic mass is 9.65. The van der Waals surface area contributed by atoms with E-state index in [4.69, 9.17) is 4.98 Å². The Bertz CT molecular complexity index is 2200. The molecule has 1 N–H and O–H groups in total. The lowest BCUT2D eigenvalue weighted by Gasteiger charge is -2.39. The van der Waals surface area contributed by atoms with E-state index in [0.717, 1.165) is 95.1 Å². The molecule has 5 atom stereocenters. The number of aryl methyl sites for hydroxylation is 3. The molecular formula is C40H39FN6O. The van der Waals surface area contributed by atoms with Gasteiger partial charge in [0.05, 0.1) is 29.4 Å². The molecule has 4 fully saturated rings. The van der Waals surface area contributed by atoms with Crippen molar-refractivity contribution in [3.05, 3.63) is 94.2 Å². The van der Waals surface area contributed by atoms with Crippen LogP contribution in [0.4, 0.5) is 4.39 Å². The van der Waals surface area contributed by atoms with Crippen LogP contribution >= 0.6 is 0 Å². The van der Waals surface area contributed by atoms with Crippen molar-refractivity contribution in [3.8, 4) is 17.3 Å². The van der Waals surface area contributed by atoms with Crippen LogP contribution in [0.1, 0.15) is 84.8 Å². The van der Waals surface area contributed by atoms with Gasteiger partial charge in [0.25, 0.3) is 0 Å². The minimum absolute atomic E-state index is 0.0530. The molecule has 5 aromatic rings. The Kier molecular flexibility index (Phi) is 6.58. The first-order chi connectivity index (χ1) is 23.3. The van der Waals surface area contributed by atoms with Crippen LogP contribution in [0.25, 0.3) is 33.1 Å². The van der Waals surface area contributed by atoms with E-state index in [1.165, 1.54) is 0 Å². The first-order valence-corrected chi connectivity index (χ1v) is 17.4. The minimum atomic E-state index is -1.10. The molecule has 1 amide bonds. The molecule has 0 spiro atoms. The van der Waals surface area contributed by atoms with E-state index >= 15 is 4.39 Å². The molecule has 5 aliphatic rings. The van der Waals surface area contributed by atoms with Crippen molar-refractivity contribution in [3.63, 3.8) is 0 Å². The number of nitrogens with zero attached hydrogens (tertiary/aromatic N) is 5. The SMILES string of the molecule is CC(=O)N1CCC[C@@H]1c1cc2c(-c3ccnc(C)c3)nc3c(F)c(C4(C#N)CCCc5ccccc54)c(C)cc3c2n1[C@H]1[C@H]2CN[C@@H]1C2. The Morgan fingerprint density at radius 3 is 2.73 bits per heavy atom. The standard InChI is InChI=1S/C40H39FN6O/c1-22-16-28-37(35(41)34(22)40(21-42)13-6-9-25-8-4-5-10-30(25)40)45-36(26-12-14-43-23(2)17-26)29-19-33(32-11-7-15-46(32)24(3)48)47(39(28)29)38-27-18-31(38)44-20-27/h4-5,8,10,12,14,16-17,19,27,31-32,38,44H,6-7,9,11,13,15,18,20H2,1-3H3/t27-,31-,32-,38+,40?/m1/s1. The third-order valence-electron chi connectivity index (χ3n) is 11.9. The summed E-state index contributed by atoms with van der Waals surface area (Å²) in [5.41, 5.74) is 6.94. The van der Waals surface area contributed by atoms with Crippen molar-refractivity contribution in [1.82, 2.24) is 24.8 Å². The Hall–Kier alpha value is -4.61. The average molecular weight is 639 g/mol. The van der Waals surface area contributed by atoms with Crippen LogP contribution in [0.2, 0.25) is 0 Å². The van der Waals surface area contributed by atoms with Gasteiger partial charge in [0.2, 0.25) is 5.91 Å². The Labute approximate surface area is 279 Å². The Morgan fingerprint density at radius 1 is 1.12 bits per heavy atom. The topological polar surface area (TPSA) is 86.8 Å². The van der Waals surface area contributed by atoms with Crippen LogP contribution in [0.15, 0.2) is 54.7 Å². The van der Waals surface area contributed by atoms with E-state index in [-0.39, 0.29) is 18.0 Å². The zero-order chi connectivity index (χ0) is 32.9. The molecule has 48 heavy (non-hydrogen) atoms. The summed E-state index contributed by atoms with van der Waals surface area (Å²) in [6.07, 6.45) is 6.99. The minimum Gasteiger partial charge on any atom is -0.337 e. The normalized spacial score (nSPS) is 26.1. The summed E-state index contributed by atoms with van der Waals surface area (Å²) in [6, 6.07) is 19.4. The van der Waals surface area contributed by atoms with Gasteiger partial charge in [0, 0.05) is 65.5 Å². The second-order valence-electron chi connectivity index (χ2n) is 14.5. The van der Waals surface area contributed by atoms with Gasteiger partial charge in [0.15, 0.2) is 5.82 Å². The second kappa shape index (κ2) is 10.7. The number of hydrogen-bond donors (Lipinski definition) is 1. The highest BCUT2D eigenvalue weighted by atomic mass is 19.1. The van der Waals surface area contributed by atoms with Crippen LogP contribution in [-0.2, 0) is 16.6 Å². The number of carbonyl (C=O) groups excluding carboxylic acids is 1. The molecule has 8 heteroatoms. The van der Waals surface area contributed by atoms with E-state index < -0.39 is 11.2 Å². The molecule has 2 bridgehead atoms. The number of rotatable bonds is 4. The molecule has 3 aliphatic heterocycles. The van der Waals surface area contributed by atoms with Crippen molar-refractivity contribution in [2.75, 3.05) is 13.1 Å². The van der Waals surface area contributed by atoms with Gasteiger partial charge in [-0.25, -0.2) is 9.37 Å². The maximum atomic E-state index is 17.7. The van der Waals surface area contributed by atoms with Gasteiger partial charge in [-0.15, -0.1) is 0 Å². The Balaban J connectivity index is 1.40. The smallest absolute Gasteiger partial charge is 0.220 e. The zero-order valence-corrected chi connectivity index (χ0v) is 27.7. The lowest BCUT2D eigenvalue weighted by molar-refractivity contribution is -0.129. The molecule has 0 radical (unpaired) electrons. The summed E-state index contributed by atoms with van der Waals surface area (Å²) in [4.78, 5) is 24.6. The maximum Gasteiger partial charge on any atom is 0.220 e. The number of likely N-dealkylation sites (tertiary alicyclic amines) is 1. The molecule has 10 rings (SSSR count). The van der Waals surface area contributed by atoms with Crippen molar-refractivity contribution < 1.29 is 9.18 Å². The summed E-state index contributed by atoms with van der Waals surface area (Å²) in [6.45, 7) is 7.27. The van der Waals surface area contributed by atoms with E-state index in [1.807, 2.05) is 49.1 Å². The highest BCUT2D eigenvalue weighted by Crippen LogP contribution is 2.52. The number of aromatic nitrogens is 3. The van der Waals surface area contributed by atoms with Crippen molar-refractivity contribution in [1.29, 1.82) is 5.26 Å². The van der Waals surface area contributed by atoms with Crippen molar-refractivity contribution >= 4 is 27.7 Å². The number of nitriles is 1. The fraction of sp³-hybridized carbons (Fsp3) is 0.400. The molecule has 2 aliphatic carbocycles. The highest BCUT2D eigenvalue weighted by Gasteiger charge is 2.50. The Morgan fingerprint density at radius 2 is 1.98 bits per heavy atom. The van der Waals surface area contributed by atoms with E-state index in [0.29, 0.717) is 35.2 Å². The number of pyridine rings is 2. The average Bonchev–Trinajstić information content (AvgIpc) is 3.89. The number of fused-ring (bicyclic) bond motifs is 5. The number of halogens is 1. The maximum absolute atomic E-state index is 17.7. The number of amides is 1. The molecule has 3 saturated heterocycles. The molecule has 1 unspecified atom stereocenters. The fourth-order valence-corrected chi connectivity index (χ4v) is 9.80. The van der Waals surface area contributed by atoms with Gasteiger partial charge in [-0.2, -0.15) is 5.26 Å². The number of hydrogen-bond acceptors (Lipinski definition) is 5. The predicted molar refractivity (Wildman–Crippen MR) is 184 cm³/mol. The van der Waals surface area contributed by atoms with Gasteiger partial charge in [-0.05, 0) is 99.2 Å². The summed E-state index contributed by atoms with van der Waals surface area (Å²) in [5, 5.41) is 16.4. The first-order valence-electron chi connectivity index (χ1n) is 17.4. The molecule has 3 aromatic heterocycles. The van der Waals surface area contributed by atoms with Crippen LogP contribution in [0.5, 0.6) is 0 Å². The van der Waals surface area contributed by atoms with Crippen LogP contribution in [0.3, 0.4) is 0 Å². The predicted octanol–water partition coefficient (Wildman–Crippen LogP) is 7.37. The van der Waals surface area contributed by atoms with E-state index in [2.05, 4.69) is 39.1 Å². The fourth-order valence-electron chi connectivity index (χ4n) is 9.80. The summed E-state index contributed by atoms with van der Waals surface area (Å²) in [5.74, 6) is 0.141. The zero-order valence-electron chi connectivity index (χ0n) is 27.7. The number of nitrogens with one attached hydrogen (secondary N) is 1. The highest BCUT2D eigenvalue weighted by molar-refractivity contribution is 6.11. The summed E-state index contributed by atoms with van der Waals surface area (Å²) < 4.78 is 20.2. The molecule has 7 nitrogen and oxygen atoms in total. The second-order valence-corrected chi connectivity index (χ2v) is 14.5. The van der Waals surface area contributed by atoms with Crippen LogP contribution in [0, 0.1) is 36.9 Å². The first kappa shape index (κ1) is 29.5. The quantitative estimate of drug-likeness (QED) is 0.222. The monoisotopic (exact) mass is 638 g/mol. The number of carbonyl (C=O) groups is 1. The molecule has 6 heterocycles. The molecular weight excluding hydrogens is 599 g/mol. The summed E-state index contributed by atoms with van der Waals surface area (Å²) >= 11 is 0. The van der Waals surface area contributed by atoms with Crippen molar-refractivity contribution in [2.45, 2.75) is 82.8 Å². The van der Waals surface area contributed by atoms with Gasteiger partial charge in [-0.1, -0.05) is 24.3 Å². The van der Waals surface area contributed by atoms with E-state index in [1.54, 1.807) is 13.1 Å². The lowest BCUT2D eigenvalue weighted by Crippen LogP contribution is -2.40. The summed E-state index contributed by atoms with van der Waals surface area (Å²) in [7, 11) is 0. The van der Waals surface area contributed by atoms with E-state index in [9.17, 15) is 10.1 Å². The molecule has 1 saturated carbocycles. The van der Waals surface area contributed by atoms with Gasteiger partial charge in [0.1, 0.15) is 10.9 Å². The van der Waals surface area contributed by atoms with Crippen molar-refractivity contribution in [2.24, 2.45) is 5.92 Å². The third-order valence-corrected chi connectivity index (χ3v) is 11.9. The van der Waals surface area contributed by atoms with Gasteiger partial charge >= 0.3 is 0 Å². The molecule has 2 aromatic carbocycles. The van der Waals surface area contributed by atoms with Crippen LogP contribution in [-0.4, -0.2) is 44.5 Å². The van der Waals surface area contributed by atoms with Gasteiger partial charge < -0.3 is 14.8 Å². The third kappa shape index (κ3) is 4.03. The number of benzene rings is 2. The van der Waals surface area contributed by atoms with Crippen LogP contribution < -0.4 is 5.32 Å².